The van der Waals surface area contributed by atoms with Gasteiger partial charge in [-0.1, -0.05) is 110 Å². The predicted octanol–water partition coefficient (Wildman–Crippen LogP) is 3.75. The Morgan fingerprint density at radius 1 is 0.667 bits per heavy atom. The van der Waals surface area contributed by atoms with Gasteiger partial charge in [0.05, 0.1) is 6.61 Å². The molecule has 0 aliphatic carbocycles. The van der Waals surface area contributed by atoms with Crippen LogP contribution in [-0.4, -0.2) is 19.6 Å². The van der Waals surface area contributed by atoms with Crippen molar-refractivity contribution in [2.45, 2.75) is 123 Å². The average Bonchev–Trinajstić information content (AvgIpc) is 2.59. The van der Waals surface area contributed by atoms with Crippen molar-refractivity contribution in [1.82, 2.24) is 0 Å². The molecule has 0 saturated heterocycles. The second-order valence-electron chi connectivity index (χ2n) is 7.73. The predicted molar refractivity (Wildman–Crippen MR) is 109 cm³/mol. The third-order valence-electron chi connectivity index (χ3n) is 5.13. The minimum atomic E-state index is -4.56. The number of hydrogen-bond acceptors (Lipinski definition) is 4. The van der Waals surface area contributed by atoms with E-state index in [9.17, 15) is 13.0 Å². The van der Waals surface area contributed by atoms with E-state index < -0.39 is 10.4 Å². The molecule has 0 aliphatic heterocycles. The van der Waals surface area contributed by atoms with Crippen LogP contribution in [0.1, 0.15) is 123 Å². The van der Waals surface area contributed by atoms with Crippen molar-refractivity contribution in [3.8, 4) is 0 Å². The van der Waals surface area contributed by atoms with Crippen molar-refractivity contribution >= 4 is 10.4 Å². The summed E-state index contributed by atoms with van der Waals surface area (Å²) in [6, 6.07) is 0. The third kappa shape index (κ3) is 25.5. The van der Waals surface area contributed by atoms with E-state index in [1.165, 1.54) is 83.5 Å². The number of rotatable bonds is 20. The van der Waals surface area contributed by atoms with Crippen molar-refractivity contribution in [3.63, 3.8) is 0 Å². The van der Waals surface area contributed by atoms with Crippen LogP contribution in [0.5, 0.6) is 0 Å². The maximum atomic E-state index is 10.7. The molecule has 0 aromatic heterocycles. The van der Waals surface area contributed by atoms with Crippen LogP contribution in [0, 0.1) is 5.92 Å². The molecule has 0 saturated carbocycles. The van der Waals surface area contributed by atoms with Crippen LogP contribution in [-0.2, 0) is 14.6 Å². The second kappa shape index (κ2) is 22.2. The topological polar surface area (TPSA) is 66.4 Å². The molecule has 27 heavy (non-hydrogen) atoms. The van der Waals surface area contributed by atoms with Gasteiger partial charge < -0.3 is 4.55 Å². The van der Waals surface area contributed by atoms with E-state index in [0.717, 1.165) is 25.7 Å². The molecule has 0 aliphatic rings. The van der Waals surface area contributed by atoms with Gasteiger partial charge in [0.2, 0.25) is 10.4 Å². The van der Waals surface area contributed by atoms with Gasteiger partial charge in [-0.2, -0.15) is 0 Å². The molecule has 0 heterocycles. The molecule has 6 heteroatoms. The fourth-order valence-corrected chi connectivity index (χ4v) is 3.81. The van der Waals surface area contributed by atoms with Gasteiger partial charge in [0.25, 0.3) is 0 Å². The van der Waals surface area contributed by atoms with E-state index in [1.54, 1.807) is 0 Å². The molecule has 0 rings (SSSR count). The first-order chi connectivity index (χ1) is 12.5. The third-order valence-corrected chi connectivity index (χ3v) is 5.55. The molecule has 0 aromatic carbocycles. The Kier molecular flexibility index (Phi) is 25.2. The van der Waals surface area contributed by atoms with Crippen molar-refractivity contribution in [1.29, 1.82) is 0 Å². The molecule has 4 nitrogen and oxygen atoms in total. The molecule has 0 bridgehead atoms. The van der Waals surface area contributed by atoms with Gasteiger partial charge in [-0.3, -0.25) is 4.18 Å². The summed E-state index contributed by atoms with van der Waals surface area (Å²) < 4.78 is 36.7. The Hall–Kier alpha value is 1.51. The van der Waals surface area contributed by atoms with Crippen LogP contribution in [0.2, 0.25) is 0 Å². The summed E-state index contributed by atoms with van der Waals surface area (Å²) in [5.41, 5.74) is 0. The normalized spacial score (nSPS) is 12.7. The van der Waals surface area contributed by atoms with E-state index in [0.29, 0.717) is 0 Å². The fraction of sp³-hybridized carbons (Fsp3) is 1.00. The summed E-state index contributed by atoms with van der Waals surface area (Å²) in [6.07, 6.45) is 20.9. The summed E-state index contributed by atoms with van der Waals surface area (Å²) in [7, 11) is -4.56. The number of hydrogen-bond donors (Lipinski definition) is 0. The maximum Gasteiger partial charge on any atom is 1.00 e. The molecule has 1 unspecified atom stereocenters. The zero-order valence-corrected chi connectivity index (χ0v) is 22.3. The first kappa shape index (κ1) is 30.7. The molecule has 1 atom stereocenters. The fourth-order valence-electron chi connectivity index (χ4n) is 3.45. The molecule has 0 amide bonds. The van der Waals surface area contributed by atoms with E-state index in [4.69, 9.17) is 0 Å². The van der Waals surface area contributed by atoms with Crippen molar-refractivity contribution in [2.24, 2.45) is 5.92 Å². The quantitative estimate of drug-likeness (QED) is 0.128. The first-order valence-corrected chi connectivity index (χ1v) is 12.4. The summed E-state index contributed by atoms with van der Waals surface area (Å²) in [6.45, 7) is 4.51. The second-order valence-corrected chi connectivity index (χ2v) is 8.78. The number of unbranched alkanes of at least 4 members (excludes halogenated alkanes) is 13. The van der Waals surface area contributed by atoms with E-state index in [2.05, 4.69) is 18.0 Å². The Balaban J connectivity index is 0. The summed E-state index contributed by atoms with van der Waals surface area (Å²) in [5, 5.41) is 0. The van der Waals surface area contributed by atoms with E-state index >= 15 is 0 Å². The Labute approximate surface area is 212 Å². The van der Waals surface area contributed by atoms with Crippen molar-refractivity contribution < 1.29 is 68.5 Å². The van der Waals surface area contributed by atoms with Gasteiger partial charge in [0.1, 0.15) is 0 Å². The van der Waals surface area contributed by atoms with Gasteiger partial charge >= 0.3 is 51.4 Å². The maximum absolute atomic E-state index is 10.7. The van der Waals surface area contributed by atoms with Crippen LogP contribution < -0.4 is 51.4 Å². The van der Waals surface area contributed by atoms with Gasteiger partial charge in [0, 0.05) is 0 Å². The van der Waals surface area contributed by atoms with E-state index in [-0.39, 0.29) is 63.9 Å². The standard InChI is InChI=1S/C21H44O4S.K/c1-3-5-7-9-10-11-12-13-15-17-19-21(20-25-26(22,23)24)18-16-14-8-6-4-2;/h21H,3-20H2,1-2H3,(H,22,23,24);/q;+1/p-1. The van der Waals surface area contributed by atoms with Crippen LogP contribution in [0.3, 0.4) is 0 Å². The van der Waals surface area contributed by atoms with Crippen LogP contribution in [0.25, 0.3) is 0 Å². The summed E-state index contributed by atoms with van der Waals surface area (Å²) >= 11 is 0. The largest absolute Gasteiger partial charge is 1.00 e. The minimum Gasteiger partial charge on any atom is -0.726 e. The SMILES string of the molecule is CCCCCCCCCCCCC(CCCCCCC)COS(=O)(=O)[O-].[K+]. The first-order valence-electron chi connectivity index (χ1n) is 11.1. The monoisotopic (exact) mass is 430 g/mol. The van der Waals surface area contributed by atoms with E-state index in [1.807, 2.05) is 0 Å². The molecular formula is C21H43KO4S. The van der Waals surface area contributed by atoms with Gasteiger partial charge in [-0.05, 0) is 18.8 Å². The Morgan fingerprint density at radius 3 is 1.33 bits per heavy atom. The molecular weight excluding hydrogens is 387 g/mol. The van der Waals surface area contributed by atoms with Crippen LogP contribution in [0.4, 0.5) is 0 Å². The molecule has 0 spiro atoms. The summed E-state index contributed by atoms with van der Waals surface area (Å²) in [4.78, 5) is 0. The zero-order valence-electron chi connectivity index (χ0n) is 18.3. The molecule has 158 valence electrons. The zero-order chi connectivity index (χ0) is 19.5. The van der Waals surface area contributed by atoms with Gasteiger partial charge in [0.15, 0.2) is 0 Å². The smallest absolute Gasteiger partial charge is 0.726 e. The Morgan fingerprint density at radius 2 is 1.00 bits per heavy atom. The average molecular weight is 431 g/mol. The van der Waals surface area contributed by atoms with Gasteiger partial charge in [-0.15, -0.1) is 0 Å². The summed E-state index contributed by atoms with van der Waals surface area (Å²) in [5.74, 6) is 0.203. The molecule has 0 radical (unpaired) electrons. The Bertz CT molecular complexity index is 388. The van der Waals surface area contributed by atoms with Crippen LogP contribution in [0.15, 0.2) is 0 Å². The molecule has 0 aromatic rings. The minimum absolute atomic E-state index is 0. The van der Waals surface area contributed by atoms with Crippen molar-refractivity contribution in [2.75, 3.05) is 6.61 Å². The van der Waals surface area contributed by atoms with Crippen LogP contribution >= 0.6 is 0 Å². The molecule has 0 fully saturated rings. The molecule has 0 N–H and O–H groups in total. The van der Waals surface area contributed by atoms with Gasteiger partial charge in [-0.25, -0.2) is 8.42 Å². The van der Waals surface area contributed by atoms with Crippen molar-refractivity contribution in [3.05, 3.63) is 0 Å².